The number of nitrogens with zero attached hydrogens (tertiary/aromatic N) is 6. The molecule has 0 aromatic carbocycles. The molecule has 1 saturated heterocycles. The number of likely N-dealkylation sites (N-methyl/N-ethyl adjacent to an activating group) is 2. The Kier molecular flexibility index (Phi) is 26.5. The Hall–Kier alpha value is -3.43. The van der Waals surface area contributed by atoms with Crippen molar-refractivity contribution in [2.45, 2.75) is 86.5 Å². The van der Waals surface area contributed by atoms with E-state index in [0.29, 0.717) is 12.0 Å². The second-order valence-corrected chi connectivity index (χ2v) is 11.8. The summed E-state index contributed by atoms with van der Waals surface area (Å²) in [6, 6.07) is 0. The molecule has 3 heterocycles. The Bertz CT molecular complexity index is 1280. The van der Waals surface area contributed by atoms with Crippen LogP contribution >= 0.6 is 0 Å². The summed E-state index contributed by atoms with van der Waals surface area (Å²) in [6.45, 7) is 14.7. The first-order valence-electron chi connectivity index (χ1n) is 16.1. The Balaban J connectivity index is 0. The van der Waals surface area contributed by atoms with Crippen molar-refractivity contribution < 1.29 is 72.0 Å². The van der Waals surface area contributed by atoms with Crippen molar-refractivity contribution >= 4 is 49.3 Å². The summed E-state index contributed by atoms with van der Waals surface area (Å²) in [5, 5.41) is 25.9. The van der Waals surface area contributed by atoms with E-state index in [1.165, 1.54) is 23.0 Å². The van der Waals surface area contributed by atoms with E-state index < -0.39 is 44.2 Å². The summed E-state index contributed by atoms with van der Waals surface area (Å²) in [5.74, 6) is -2.99. The molecule has 278 valence electrons. The third-order valence-electron chi connectivity index (χ3n) is 5.49. The van der Waals surface area contributed by atoms with Gasteiger partial charge in [0.15, 0.2) is 0 Å². The van der Waals surface area contributed by atoms with E-state index >= 15 is 0 Å². The number of carbonyl (C=O) groups excluding carboxylic acids is 2. The van der Waals surface area contributed by atoms with Crippen molar-refractivity contribution in [3.05, 3.63) is 36.2 Å². The molecule has 3 rings (SSSR count). The van der Waals surface area contributed by atoms with E-state index in [-0.39, 0.29) is 57.2 Å². The maximum atomic E-state index is 11.6. The molecule has 0 unspecified atom stereocenters. The van der Waals surface area contributed by atoms with Crippen LogP contribution in [0.25, 0.3) is 0 Å². The molecular formula is C31H51B2LiN6O11. The van der Waals surface area contributed by atoms with E-state index in [4.69, 9.17) is 28.8 Å². The summed E-state index contributed by atoms with van der Waals surface area (Å²) >= 11 is 0. The third-order valence-corrected chi connectivity index (χ3v) is 5.49. The maximum Gasteiger partial charge on any atom is 1.00 e. The Labute approximate surface area is 313 Å². The third kappa shape index (κ3) is 25.2. The van der Waals surface area contributed by atoms with E-state index in [0.717, 1.165) is 23.4 Å². The largest absolute Gasteiger partial charge is 1.00 e. The number of aromatic nitrogens is 4. The van der Waals surface area contributed by atoms with Gasteiger partial charge in [0.05, 0.1) is 43.2 Å². The summed E-state index contributed by atoms with van der Waals surface area (Å²) < 4.78 is 21.6. The van der Waals surface area contributed by atoms with Crippen molar-refractivity contribution in [2.75, 3.05) is 40.3 Å². The fourth-order valence-corrected chi connectivity index (χ4v) is 3.55. The Morgan fingerprint density at radius 2 is 1.29 bits per heavy atom. The molecule has 2 N–H and O–H groups in total. The second kappa shape index (κ2) is 27.3. The van der Waals surface area contributed by atoms with Crippen LogP contribution in [0.3, 0.4) is 0 Å². The molecule has 0 aliphatic carbocycles. The average Bonchev–Trinajstić information content (AvgIpc) is 2.98. The predicted octanol–water partition coefficient (Wildman–Crippen LogP) is -3.80. The van der Waals surface area contributed by atoms with Crippen LogP contribution in [0.4, 0.5) is 0 Å². The van der Waals surface area contributed by atoms with E-state index in [1.54, 1.807) is 39.5 Å². The molecule has 0 amide bonds. The number of carboxylic acids is 2. The fourth-order valence-electron chi connectivity index (χ4n) is 3.55. The molecule has 0 saturated carbocycles. The van der Waals surface area contributed by atoms with Crippen molar-refractivity contribution in [2.24, 2.45) is 0 Å². The summed E-state index contributed by atoms with van der Waals surface area (Å²) in [4.78, 5) is 62.7. The van der Waals surface area contributed by atoms with Crippen molar-refractivity contribution in [1.82, 2.24) is 29.7 Å². The number of aryl methyl sites for hydroxylation is 2. The SMILES string of the molecule is CC(C)[O-].CCc1cncc(B(OC(C)C)OC(C)C)n1.CCc1cncc(B2OC(=O)CN(C)CC(=O)O2)n1.CN(CC(=O)O)CC(=O)O.[Li+]. The van der Waals surface area contributed by atoms with Gasteiger partial charge in [0.25, 0.3) is 0 Å². The minimum atomic E-state index is -1.12. The zero-order chi connectivity index (χ0) is 38.4. The topological polar surface area (TPSA) is 227 Å². The van der Waals surface area contributed by atoms with Crippen LogP contribution in [-0.4, -0.2) is 137 Å². The van der Waals surface area contributed by atoms with Gasteiger partial charge in [-0.05, 0) is 54.6 Å². The van der Waals surface area contributed by atoms with Crippen LogP contribution in [0.5, 0.6) is 0 Å². The monoisotopic (exact) mass is 712 g/mol. The molecule has 0 spiro atoms. The van der Waals surface area contributed by atoms with Gasteiger partial charge in [-0.1, -0.05) is 27.7 Å². The molecule has 2 aromatic rings. The number of hydrogen-bond acceptors (Lipinski definition) is 15. The zero-order valence-corrected chi connectivity index (χ0v) is 31.7. The van der Waals surface area contributed by atoms with Gasteiger partial charge >= 0.3 is 57.0 Å². The minimum Gasteiger partial charge on any atom is -0.852 e. The first kappa shape index (κ1) is 49.7. The van der Waals surface area contributed by atoms with Crippen LogP contribution in [0.2, 0.25) is 0 Å². The molecule has 0 atom stereocenters. The van der Waals surface area contributed by atoms with Crippen LogP contribution in [0.1, 0.15) is 66.8 Å². The standard InChI is InChI=1S/C12H21BN2O2.C11H14BN3O4.C5H9NO4.C3H7O.Li/c1-6-11-7-14-8-12(15-11)13(16-9(2)3)17-10(4)5;1-3-8-4-13-5-9(14-8)12-18-10(16)6-15(2)7-11(17)19-12;1-6(2-4(7)8)3-5(9)10;1-3(2)4;/h7-10H,6H2,1-5H3;4-5H,3,6-7H2,1-2H3;2-3H2,1H3,(H,7,8)(H,9,10);3H,1-2H3;/q;;;-1;+1. The molecule has 1 aliphatic heterocycles. The minimum absolute atomic E-state index is 0. The number of hydrogen-bond donors (Lipinski definition) is 2. The predicted molar refractivity (Wildman–Crippen MR) is 184 cm³/mol. The van der Waals surface area contributed by atoms with Crippen molar-refractivity contribution in [1.29, 1.82) is 0 Å². The van der Waals surface area contributed by atoms with Gasteiger partial charge in [-0.3, -0.25) is 48.9 Å². The van der Waals surface area contributed by atoms with Gasteiger partial charge in [0.1, 0.15) is 5.59 Å². The average molecular weight is 712 g/mol. The number of carboxylic acid groups (broad SMARTS) is 2. The van der Waals surface area contributed by atoms with Crippen LogP contribution < -0.4 is 35.2 Å². The zero-order valence-electron chi connectivity index (χ0n) is 31.7. The molecule has 0 radical (unpaired) electrons. The summed E-state index contributed by atoms with van der Waals surface area (Å²) in [6.07, 6.45) is 7.82. The maximum absolute atomic E-state index is 11.6. The first-order chi connectivity index (χ1) is 23.4. The fraction of sp³-hybridized carbons (Fsp3) is 0.613. The van der Waals surface area contributed by atoms with Gasteiger partial charge in [0.2, 0.25) is 0 Å². The van der Waals surface area contributed by atoms with E-state index in [9.17, 15) is 24.3 Å². The molecule has 51 heavy (non-hydrogen) atoms. The number of rotatable bonds is 12. The molecule has 0 bridgehead atoms. The van der Waals surface area contributed by atoms with E-state index in [1.807, 2.05) is 34.6 Å². The Morgan fingerprint density at radius 1 is 0.882 bits per heavy atom. The molecule has 17 nitrogen and oxygen atoms in total. The molecule has 20 heteroatoms. The van der Waals surface area contributed by atoms with Gasteiger partial charge in [-0.15, -0.1) is 6.10 Å². The normalized spacial score (nSPS) is 12.9. The number of carbonyl (C=O) groups is 4. The Morgan fingerprint density at radius 3 is 1.69 bits per heavy atom. The molecule has 1 aliphatic rings. The van der Waals surface area contributed by atoms with Crippen molar-refractivity contribution in [3.8, 4) is 0 Å². The number of aliphatic carboxylic acids is 2. The van der Waals surface area contributed by atoms with Crippen LogP contribution in [0, 0.1) is 0 Å². The first-order valence-corrected chi connectivity index (χ1v) is 16.1. The smallest absolute Gasteiger partial charge is 0.852 e. The van der Waals surface area contributed by atoms with Gasteiger partial charge in [-0.2, -0.15) is 0 Å². The molecular weight excluding hydrogens is 661 g/mol. The van der Waals surface area contributed by atoms with Gasteiger partial charge in [-0.25, -0.2) is 0 Å². The van der Waals surface area contributed by atoms with Crippen LogP contribution in [-0.2, 0) is 50.6 Å². The van der Waals surface area contributed by atoms with Gasteiger partial charge in [0, 0.05) is 37.0 Å². The van der Waals surface area contributed by atoms with Gasteiger partial charge < -0.3 is 33.9 Å². The summed E-state index contributed by atoms with van der Waals surface area (Å²) in [7, 11) is 1.52. The molecule has 2 aromatic heterocycles. The molecule has 1 fully saturated rings. The summed E-state index contributed by atoms with van der Waals surface area (Å²) in [5.41, 5.74) is 2.76. The van der Waals surface area contributed by atoms with Crippen LogP contribution in [0.15, 0.2) is 24.8 Å². The van der Waals surface area contributed by atoms with Crippen molar-refractivity contribution in [3.63, 3.8) is 0 Å². The second-order valence-electron chi connectivity index (χ2n) is 11.8. The van der Waals surface area contributed by atoms with E-state index in [2.05, 4.69) is 26.9 Å². The quantitative estimate of drug-likeness (QED) is 0.201.